The first-order chi connectivity index (χ1) is 7.12. The van der Waals surface area contributed by atoms with Crippen molar-refractivity contribution >= 4 is 19.0 Å². The highest BCUT2D eigenvalue weighted by atomic mass is 28.4. The molecule has 0 aliphatic carbocycles. The van der Waals surface area contributed by atoms with Gasteiger partial charge in [0.05, 0.1) is 10.2 Å². The molecule has 1 atom stereocenters. The summed E-state index contributed by atoms with van der Waals surface area (Å²) in [4.78, 5) is 0. The van der Waals surface area contributed by atoms with Crippen LogP contribution in [0, 0.1) is 0 Å². The lowest BCUT2D eigenvalue weighted by molar-refractivity contribution is 0.116. The van der Waals surface area contributed by atoms with Crippen LogP contribution in [0.5, 0.6) is 0 Å². The third-order valence-corrected chi connectivity index (χ3v) is 5.29. The Balaban J connectivity index is 0. The second kappa shape index (κ2) is 10.3. The summed E-state index contributed by atoms with van der Waals surface area (Å²) in [6, 6.07) is 0. The van der Waals surface area contributed by atoms with Gasteiger partial charge in [0.2, 0.25) is 0 Å². The molecule has 0 aromatic heterocycles. The lowest BCUT2D eigenvalue weighted by atomic mass is 10.3. The maximum Gasteiger partial charge on any atom is 0.507 e. The van der Waals surface area contributed by atoms with Crippen molar-refractivity contribution in [1.29, 1.82) is 0 Å². The Kier molecular flexibility index (Phi) is 11.8. The molecule has 0 aliphatic heterocycles. The van der Waals surface area contributed by atoms with E-state index in [0.717, 1.165) is 6.42 Å². The highest BCUT2D eigenvalue weighted by Gasteiger charge is 2.44. The lowest BCUT2D eigenvalue weighted by Gasteiger charge is -2.29. The molecule has 0 aromatic carbocycles. The van der Waals surface area contributed by atoms with Gasteiger partial charge in [-0.1, -0.05) is 13.0 Å². The Morgan fingerprint density at radius 1 is 1.20 bits per heavy atom. The molecule has 0 N–H and O–H groups in total. The van der Waals surface area contributed by atoms with Gasteiger partial charge >= 0.3 is 8.80 Å². The van der Waals surface area contributed by atoms with E-state index in [1.807, 2.05) is 6.08 Å². The summed E-state index contributed by atoms with van der Waals surface area (Å²) < 4.78 is 15.9. The first-order valence-corrected chi connectivity index (χ1v) is 7.06. The van der Waals surface area contributed by atoms with Crippen molar-refractivity contribution in [1.82, 2.24) is 0 Å². The topological polar surface area (TPSA) is 27.7 Å². The number of allylic oxidation sites excluding steroid dienone is 1. The van der Waals surface area contributed by atoms with Gasteiger partial charge in [-0.2, -0.15) is 0 Å². The van der Waals surface area contributed by atoms with E-state index in [1.54, 1.807) is 27.0 Å². The Hall–Kier alpha value is -0.206. The third-order valence-electron chi connectivity index (χ3n) is 2.03. The van der Waals surface area contributed by atoms with Crippen molar-refractivity contribution in [2.45, 2.75) is 18.9 Å². The van der Waals surface area contributed by atoms with Crippen LogP contribution in [0.15, 0.2) is 24.9 Å². The Bertz CT molecular complexity index is 162. The van der Waals surface area contributed by atoms with Gasteiger partial charge in [0, 0.05) is 26.9 Å². The van der Waals surface area contributed by atoms with Gasteiger partial charge in [0.1, 0.15) is 0 Å². The predicted molar refractivity (Wildman–Crippen MR) is 67.0 cm³/mol. The first kappa shape index (κ1) is 17.2. The predicted octanol–water partition coefficient (Wildman–Crippen LogP) is 2.13. The number of hydrogen-bond acceptors (Lipinski definition) is 3. The van der Waals surface area contributed by atoms with E-state index in [0.29, 0.717) is 0 Å². The summed E-state index contributed by atoms with van der Waals surface area (Å²) in [6.07, 6.45) is 2.76. The molecule has 0 aliphatic rings. The van der Waals surface area contributed by atoms with Crippen LogP contribution >= 0.6 is 0 Å². The van der Waals surface area contributed by atoms with Gasteiger partial charge < -0.3 is 13.3 Å². The van der Waals surface area contributed by atoms with Crippen molar-refractivity contribution in [3.8, 4) is 0 Å². The van der Waals surface area contributed by atoms with E-state index >= 15 is 0 Å². The minimum absolute atomic E-state index is 0.178. The molecule has 0 amide bonds. The maximum atomic E-state index is 5.30. The van der Waals surface area contributed by atoms with Crippen LogP contribution < -0.4 is 0 Å². The standard InChI is InChI=1S/C8H18O3Si.C2H3Si/c1-6-8(7-2)12(9-3,10-4)11-5;1-2-3/h6,8H,1,7H2,2-5H3;2H,1H2. The summed E-state index contributed by atoms with van der Waals surface area (Å²) in [5.41, 5.74) is 1.73. The van der Waals surface area contributed by atoms with Crippen LogP contribution in [-0.2, 0) is 13.3 Å². The molecule has 0 aromatic rings. The summed E-state index contributed by atoms with van der Waals surface area (Å²) in [5, 5.41) is 0. The molecule has 0 saturated heterocycles. The van der Waals surface area contributed by atoms with Crippen molar-refractivity contribution < 1.29 is 13.3 Å². The monoisotopic (exact) mass is 245 g/mol. The minimum Gasteiger partial charge on any atom is -0.376 e. The average Bonchev–Trinajstić information content (AvgIpc) is 2.27. The molecule has 3 nitrogen and oxygen atoms in total. The van der Waals surface area contributed by atoms with Crippen LogP contribution in [-0.4, -0.2) is 40.4 Å². The fourth-order valence-corrected chi connectivity index (χ4v) is 3.46. The molecule has 0 heterocycles. The van der Waals surface area contributed by atoms with Gasteiger partial charge in [0.15, 0.2) is 0 Å². The summed E-state index contributed by atoms with van der Waals surface area (Å²) in [6.45, 7) is 9.07. The molecule has 3 radical (unpaired) electrons. The normalized spacial score (nSPS) is 12.3. The molecule has 87 valence electrons. The van der Waals surface area contributed by atoms with Gasteiger partial charge in [-0.15, -0.1) is 18.9 Å². The maximum absolute atomic E-state index is 5.30. The first-order valence-electron chi connectivity index (χ1n) is 4.68. The van der Waals surface area contributed by atoms with Gasteiger partial charge in [-0.05, 0) is 6.42 Å². The second-order valence-electron chi connectivity index (χ2n) is 2.67. The van der Waals surface area contributed by atoms with E-state index in [4.69, 9.17) is 13.3 Å². The molecule has 0 fully saturated rings. The van der Waals surface area contributed by atoms with Gasteiger partial charge in [-0.3, -0.25) is 0 Å². The molecular formula is C10H21O3Si2. The fourth-order valence-electron chi connectivity index (χ4n) is 1.27. The van der Waals surface area contributed by atoms with Crippen LogP contribution in [0.2, 0.25) is 5.54 Å². The van der Waals surface area contributed by atoms with Crippen molar-refractivity contribution in [2.24, 2.45) is 0 Å². The molecule has 5 heteroatoms. The Morgan fingerprint density at radius 3 is 1.60 bits per heavy atom. The van der Waals surface area contributed by atoms with E-state index < -0.39 is 8.80 Å². The molecule has 0 rings (SSSR count). The van der Waals surface area contributed by atoms with Crippen LogP contribution in [0.25, 0.3) is 0 Å². The van der Waals surface area contributed by atoms with Gasteiger partial charge in [0.25, 0.3) is 0 Å². The number of hydrogen-bond donors (Lipinski definition) is 0. The molecule has 1 unspecified atom stereocenters. The zero-order valence-corrected chi connectivity index (χ0v) is 12.1. The highest BCUT2D eigenvalue weighted by Crippen LogP contribution is 2.27. The van der Waals surface area contributed by atoms with E-state index in [2.05, 4.69) is 30.3 Å². The van der Waals surface area contributed by atoms with Crippen LogP contribution in [0.3, 0.4) is 0 Å². The average molecular weight is 245 g/mol. The Morgan fingerprint density at radius 2 is 1.53 bits per heavy atom. The Labute approximate surface area is 97.9 Å². The van der Waals surface area contributed by atoms with Crippen molar-refractivity contribution in [2.75, 3.05) is 21.3 Å². The zero-order valence-electron chi connectivity index (χ0n) is 10.1. The molecule has 15 heavy (non-hydrogen) atoms. The molecule has 0 bridgehead atoms. The van der Waals surface area contributed by atoms with Crippen LogP contribution in [0.4, 0.5) is 0 Å². The fraction of sp³-hybridized carbons (Fsp3) is 0.600. The van der Waals surface area contributed by atoms with Crippen molar-refractivity contribution in [3.05, 3.63) is 24.9 Å². The van der Waals surface area contributed by atoms with Gasteiger partial charge in [-0.25, -0.2) is 0 Å². The summed E-state index contributed by atoms with van der Waals surface area (Å²) >= 11 is 0. The molecule has 0 saturated carbocycles. The van der Waals surface area contributed by atoms with E-state index in [-0.39, 0.29) is 5.54 Å². The summed E-state index contributed by atoms with van der Waals surface area (Å²) in [5.74, 6) is 0. The minimum atomic E-state index is -2.46. The quantitative estimate of drug-likeness (QED) is 0.530. The van der Waals surface area contributed by atoms with Crippen molar-refractivity contribution in [3.63, 3.8) is 0 Å². The molecular weight excluding hydrogens is 224 g/mol. The lowest BCUT2D eigenvalue weighted by Crippen LogP contribution is -2.46. The zero-order chi connectivity index (χ0) is 12.3. The third kappa shape index (κ3) is 5.43. The molecule has 0 spiro atoms. The van der Waals surface area contributed by atoms with Crippen LogP contribution in [0.1, 0.15) is 13.3 Å². The second-order valence-corrected chi connectivity index (χ2v) is 6.25. The summed E-state index contributed by atoms with van der Waals surface area (Å²) in [7, 11) is 5.33. The highest BCUT2D eigenvalue weighted by molar-refractivity contribution is 6.62. The number of rotatable bonds is 6. The SMILES string of the molecule is C=CC(CC)[Si](OC)(OC)OC.C=C[Si]. The van der Waals surface area contributed by atoms with E-state index in [9.17, 15) is 0 Å². The largest absolute Gasteiger partial charge is 0.507 e. The van der Waals surface area contributed by atoms with E-state index in [1.165, 1.54) is 0 Å². The smallest absolute Gasteiger partial charge is 0.376 e.